The minimum absolute atomic E-state index is 0. The Morgan fingerprint density at radius 1 is 1.00 bits per heavy atom. The first-order valence-corrected chi connectivity index (χ1v) is 1.18. The summed E-state index contributed by atoms with van der Waals surface area (Å²) >= 11 is 0. The van der Waals surface area contributed by atoms with Gasteiger partial charge in [-0.25, -0.2) is 0 Å². The fourth-order valence-corrected chi connectivity index (χ4v) is 0. The van der Waals surface area contributed by atoms with Crippen LogP contribution in [0.5, 0.6) is 0 Å². The van der Waals surface area contributed by atoms with E-state index in [4.69, 9.17) is 14.4 Å². The standard InChI is InChI=1S/C2H3O.2CHO.Ni.2H3P/c1-2-3;2*1-2;;;/h1H3;2*1H;;2*1H3/q3*-1;;;. The number of hydrogen-bond acceptors (Lipinski definition) is 3. The quantitative estimate of drug-likeness (QED) is 0.247. The van der Waals surface area contributed by atoms with Gasteiger partial charge < -0.3 is 14.4 Å². The Hall–Kier alpha value is 0.364. The molecule has 0 aromatic rings. The molecule has 0 spiro atoms. The molecular formula is C4H11NiO3P2-3. The monoisotopic (exact) mass is 227 g/mol. The predicted molar refractivity (Wildman–Crippen MR) is 47.1 cm³/mol. The van der Waals surface area contributed by atoms with Crippen LogP contribution < -0.4 is 0 Å². The molecule has 0 rings (SSSR count). The molecule has 0 N–H and O–H groups in total. The summed E-state index contributed by atoms with van der Waals surface area (Å²) in [5.74, 6) is 0. The first-order chi connectivity index (χ1) is 3.41. The second kappa shape index (κ2) is 352. The second-order valence-electron chi connectivity index (χ2n) is 0.204. The normalized spacial score (nSPS) is 2.10. The van der Waals surface area contributed by atoms with E-state index >= 15 is 0 Å². The molecule has 68 valence electrons. The molecule has 0 aliphatic carbocycles. The van der Waals surface area contributed by atoms with Crippen molar-refractivity contribution in [2.24, 2.45) is 0 Å². The molecule has 0 fully saturated rings. The van der Waals surface area contributed by atoms with Gasteiger partial charge in [0.05, 0.1) is 0 Å². The van der Waals surface area contributed by atoms with Crippen molar-refractivity contribution >= 4 is 39.7 Å². The Bertz CT molecular complexity index is 37.7. The smallest absolute Gasteiger partial charge is 0 e. The van der Waals surface area contributed by atoms with E-state index in [1.807, 2.05) is 0 Å². The molecule has 2 unspecified atom stereocenters. The summed E-state index contributed by atoms with van der Waals surface area (Å²) in [6, 6.07) is 0. The van der Waals surface area contributed by atoms with Gasteiger partial charge in [-0.3, -0.25) is 19.9 Å². The van der Waals surface area contributed by atoms with Crippen LogP contribution in [0.15, 0.2) is 0 Å². The molecule has 0 amide bonds. The Labute approximate surface area is 77.9 Å². The Morgan fingerprint density at radius 3 is 1.00 bits per heavy atom. The molecule has 0 heterocycles. The molecule has 0 saturated heterocycles. The number of hydrogen-bond donors (Lipinski definition) is 0. The zero-order chi connectivity index (χ0) is 6.71. The van der Waals surface area contributed by atoms with E-state index in [0.29, 0.717) is 0 Å². The van der Waals surface area contributed by atoms with E-state index in [9.17, 15) is 0 Å². The van der Waals surface area contributed by atoms with E-state index in [-0.39, 0.29) is 36.3 Å². The first kappa shape index (κ1) is 47.7. The molecule has 2 atom stereocenters. The van der Waals surface area contributed by atoms with E-state index in [1.165, 1.54) is 13.2 Å². The predicted octanol–water partition coefficient (Wildman–Crippen LogP) is -0.319. The zero-order valence-corrected chi connectivity index (χ0v) is 9.43. The van der Waals surface area contributed by atoms with Gasteiger partial charge in [-0.15, -0.1) is 0 Å². The van der Waals surface area contributed by atoms with Crippen LogP contribution in [0.3, 0.4) is 0 Å². The fraction of sp³-hybridized carbons (Fsp3) is 0.250. The van der Waals surface area contributed by atoms with Crippen molar-refractivity contribution in [3.05, 3.63) is 0 Å². The van der Waals surface area contributed by atoms with Crippen molar-refractivity contribution in [2.75, 3.05) is 0 Å². The zero-order valence-electron chi connectivity index (χ0n) is 5.61. The van der Waals surface area contributed by atoms with Crippen LogP contribution in [-0.4, -0.2) is 19.9 Å². The van der Waals surface area contributed by atoms with E-state index in [2.05, 4.69) is 13.6 Å². The summed E-state index contributed by atoms with van der Waals surface area (Å²) in [6.45, 7) is 7.82. The summed E-state index contributed by atoms with van der Waals surface area (Å²) in [6.07, 6.45) is 1.50. The van der Waals surface area contributed by atoms with E-state index in [1.54, 1.807) is 0 Å². The third-order valence-corrected chi connectivity index (χ3v) is 0. The molecule has 0 aromatic carbocycles. The molecule has 0 aliphatic heterocycles. The first-order valence-electron chi connectivity index (χ1n) is 1.18. The van der Waals surface area contributed by atoms with Gasteiger partial charge in [0.2, 0.25) is 0 Å². The average molecular weight is 228 g/mol. The largest absolute Gasteiger partial charge is 0.545 e. The minimum atomic E-state index is 0. The fourth-order valence-electron chi connectivity index (χ4n) is 0. The third kappa shape index (κ3) is 3430. The molecule has 3 nitrogen and oxygen atoms in total. The average Bonchev–Trinajstić information content (AvgIpc) is 1.78. The molecule has 0 aliphatic rings. The number of carbonyl (C=O) groups excluding carboxylic acids is 3. The summed E-state index contributed by atoms with van der Waals surface area (Å²) in [7, 11) is 0. The van der Waals surface area contributed by atoms with Crippen LogP contribution >= 0.6 is 19.8 Å². The molecule has 0 radical (unpaired) electrons. The van der Waals surface area contributed by atoms with Crippen molar-refractivity contribution in [1.29, 1.82) is 0 Å². The van der Waals surface area contributed by atoms with Crippen LogP contribution in [0.2, 0.25) is 0 Å². The molecule has 6 heteroatoms. The van der Waals surface area contributed by atoms with Crippen LogP contribution in [0.4, 0.5) is 0 Å². The van der Waals surface area contributed by atoms with Crippen molar-refractivity contribution in [3.63, 3.8) is 0 Å². The minimum Gasteiger partial charge on any atom is -0.545 e. The van der Waals surface area contributed by atoms with Crippen molar-refractivity contribution < 1.29 is 30.9 Å². The molecular weight excluding hydrogens is 217 g/mol. The van der Waals surface area contributed by atoms with Gasteiger partial charge in [0.15, 0.2) is 0 Å². The maximum absolute atomic E-state index is 8.68. The van der Waals surface area contributed by atoms with Gasteiger partial charge >= 0.3 is 0 Å². The summed E-state index contributed by atoms with van der Waals surface area (Å²) in [4.78, 5) is 24.2. The molecule has 0 bridgehead atoms. The Kier molecular flexibility index (Phi) is 1680. The SMILES string of the molecule is C[C-]=O.P.P.[CH-]=O.[CH-]=O.[Ni]. The molecule has 0 saturated carbocycles. The summed E-state index contributed by atoms with van der Waals surface area (Å²) in [5.41, 5.74) is 0. The topological polar surface area (TPSA) is 51.2 Å². The van der Waals surface area contributed by atoms with Crippen LogP contribution in [0.25, 0.3) is 0 Å². The van der Waals surface area contributed by atoms with Crippen LogP contribution in [0.1, 0.15) is 6.92 Å². The Balaban J connectivity index is -0.00000000536. The molecule has 0 aromatic heterocycles. The Morgan fingerprint density at radius 2 is 1.00 bits per heavy atom. The number of rotatable bonds is 0. The third-order valence-electron chi connectivity index (χ3n) is 0. The van der Waals surface area contributed by atoms with Gasteiger partial charge in [0, 0.05) is 16.5 Å². The van der Waals surface area contributed by atoms with E-state index in [0.717, 1.165) is 0 Å². The summed E-state index contributed by atoms with van der Waals surface area (Å²) in [5, 5.41) is 0. The summed E-state index contributed by atoms with van der Waals surface area (Å²) < 4.78 is 0. The van der Waals surface area contributed by atoms with Crippen LogP contribution in [-0.2, 0) is 30.9 Å². The van der Waals surface area contributed by atoms with Gasteiger partial charge in [0.25, 0.3) is 0 Å². The van der Waals surface area contributed by atoms with E-state index < -0.39 is 0 Å². The van der Waals surface area contributed by atoms with Crippen molar-refractivity contribution in [1.82, 2.24) is 0 Å². The van der Waals surface area contributed by atoms with Gasteiger partial charge in [-0.05, 0) is 0 Å². The van der Waals surface area contributed by atoms with Gasteiger partial charge in [0.1, 0.15) is 0 Å². The maximum Gasteiger partial charge on any atom is 0 e. The second-order valence-corrected chi connectivity index (χ2v) is 0.204. The van der Waals surface area contributed by atoms with Crippen molar-refractivity contribution in [2.45, 2.75) is 6.92 Å². The molecule has 10 heavy (non-hydrogen) atoms. The van der Waals surface area contributed by atoms with Crippen molar-refractivity contribution in [3.8, 4) is 0 Å². The maximum atomic E-state index is 8.68. The van der Waals surface area contributed by atoms with Gasteiger partial charge in [-0.1, -0.05) is 0 Å². The van der Waals surface area contributed by atoms with Crippen LogP contribution in [0, 0.1) is 0 Å². The van der Waals surface area contributed by atoms with Gasteiger partial charge in [-0.2, -0.15) is 26.7 Å².